The highest BCUT2D eigenvalue weighted by atomic mass is 32.2. The third-order valence-electron chi connectivity index (χ3n) is 4.16. The van der Waals surface area contributed by atoms with E-state index in [1.54, 1.807) is 5.32 Å². The summed E-state index contributed by atoms with van der Waals surface area (Å²) in [7, 11) is -3.70. The number of nitrogens with one attached hydrogen (secondary N) is 2. The minimum Gasteiger partial charge on any atom is -0.343 e. The number of halogens is 3. The SMILES string of the molecule is O=C(NCC(F)(F)F)c1ccc(S(=O)(=O)NCC2CCCCC2)cc1. The normalized spacial score (nSPS) is 16.6. The molecule has 0 aromatic heterocycles. The Morgan fingerprint density at radius 1 is 1.08 bits per heavy atom. The van der Waals surface area contributed by atoms with E-state index in [1.165, 1.54) is 30.7 Å². The van der Waals surface area contributed by atoms with Gasteiger partial charge in [-0.1, -0.05) is 19.3 Å². The van der Waals surface area contributed by atoms with Crippen molar-refractivity contribution in [2.75, 3.05) is 13.1 Å². The number of carbonyl (C=O) groups excluding carboxylic acids is 1. The van der Waals surface area contributed by atoms with Crippen LogP contribution in [0.3, 0.4) is 0 Å². The van der Waals surface area contributed by atoms with Crippen LogP contribution in [-0.2, 0) is 10.0 Å². The Hall–Kier alpha value is -1.61. The Morgan fingerprint density at radius 2 is 1.68 bits per heavy atom. The van der Waals surface area contributed by atoms with Gasteiger partial charge in [-0.05, 0) is 43.0 Å². The Labute approximate surface area is 145 Å². The van der Waals surface area contributed by atoms with Gasteiger partial charge in [0.1, 0.15) is 6.54 Å². The Balaban J connectivity index is 1.94. The molecule has 1 amide bonds. The van der Waals surface area contributed by atoms with Crippen LogP contribution in [-0.4, -0.2) is 33.6 Å². The van der Waals surface area contributed by atoms with Gasteiger partial charge in [0.05, 0.1) is 4.90 Å². The van der Waals surface area contributed by atoms with Crippen LogP contribution in [0, 0.1) is 5.92 Å². The van der Waals surface area contributed by atoms with Crippen LogP contribution in [0.15, 0.2) is 29.2 Å². The van der Waals surface area contributed by atoms with Crippen LogP contribution in [0.1, 0.15) is 42.5 Å². The molecule has 1 fully saturated rings. The van der Waals surface area contributed by atoms with Crippen LogP contribution < -0.4 is 10.0 Å². The van der Waals surface area contributed by atoms with Gasteiger partial charge >= 0.3 is 6.18 Å². The first-order chi connectivity index (χ1) is 11.7. The summed E-state index contributed by atoms with van der Waals surface area (Å²) >= 11 is 0. The summed E-state index contributed by atoms with van der Waals surface area (Å²) < 4.78 is 63.3. The standard InChI is InChI=1S/C16H21F3N2O3S/c17-16(18,19)11-20-15(22)13-6-8-14(9-7-13)25(23,24)21-10-12-4-2-1-3-5-12/h6-9,12,21H,1-5,10-11H2,(H,20,22). The first-order valence-electron chi connectivity index (χ1n) is 8.12. The van der Waals surface area contributed by atoms with E-state index >= 15 is 0 Å². The van der Waals surface area contributed by atoms with E-state index in [-0.39, 0.29) is 10.5 Å². The summed E-state index contributed by atoms with van der Waals surface area (Å²) in [5, 5.41) is 1.74. The van der Waals surface area contributed by atoms with Crippen molar-refractivity contribution in [2.45, 2.75) is 43.2 Å². The largest absolute Gasteiger partial charge is 0.405 e. The van der Waals surface area contributed by atoms with Crippen molar-refractivity contribution in [3.8, 4) is 0 Å². The molecule has 140 valence electrons. The zero-order valence-corrected chi connectivity index (χ0v) is 14.4. The quantitative estimate of drug-likeness (QED) is 0.799. The number of sulfonamides is 1. The lowest BCUT2D eigenvalue weighted by molar-refractivity contribution is -0.123. The van der Waals surface area contributed by atoms with Gasteiger partial charge in [0, 0.05) is 12.1 Å². The van der Waals surface area contributed by atoms with Crippen molar-refractivity contribution in [3.05, 3.63) is 29.8 Å². The van der Waals surface area contributed by atoms with E-state index < -0.39 is 28.7 Å². The topological polar surface area (TPSA) is 75.3 Å². The number of alkyl halides is 3. The Kier molecular flexibility index (Phi) is 6.45. The fourth-order valence-electron chi connectivity index (χ4n) is 2.77. The molecule has 1 aliphatic carbocycles. The lowest BCUT2D eigenvalue weighted by atomic mass is 9.90. The molecule has 0 spiro atoms. The molecule has 9 heteroatoms. The van der Waals surface area contributed by atoms with Crippen molar-refractivity contribution in [1.82, 2.24) is 10.0 Å². The van der Waals surface area contributed by atoms with Crippen molar-refractivity contribution < 1.29 is 26.4 Å². The van der Waals surface area contributed by atoms with Crippen molar-refractivity contribution in [2.24, 2.45) is 5.92 Å². The molecule has 1 aromatic carbocycles. The summed E-state index contributed by atoms with van der Waals surface area (Å²) in [6.07, 6.45) is 0.896. The van der Waals surface area contributed by atoms with Crippen molar-refractivity contribution in [3.63, 3.8) is 0 Å². The molecule has 1 aromatic rings. The van der Waals surface area contributed by atoms with E-state index in [1.807, 2.05) is 0 Å². The van der Waals surface area contributed by atoms with E-state index in [0.717, 1.165) is 25.7 Å². The number of hydrogen-bond acceptors (Lipinski definition) is 3. The molecule has 2 N–H and O–H groups in total. The molecule has 1 aliphatic rings. The van der Waals surface area contributed by atoms with Crippen LogP contribution in [0.25, 0.3) is 0 Å². The van der Waals surface area contributed by atoms with Crippen LogP contribution in [0.4, 0.5) is 13.2 Å². The minimum atomic E-state index is -4.50. The summed E-state index contributed by atoms with van der Waals surface area (Å²) in [4.78, 5) is 11.6. The maximum atomic E-state index is 12.3. The number of rotatable bonds is 6. The summed E-state index contributed by atoms with van der Waals surface area (Å²) in [6.45, 7) is -1.06. The van der Waals surface area contributed by atoms with E-state index in [0.29, 0.717) is 12.5 Å². The molecule has 0 saturated heterocycles. The molecule has 25 heavy (non-hydrogen) atoms. The highest BCUT2D eigenvalue weighted by Crippen LogP contribution is 2.23. The maximum absolute atomic E-state index is 12.3. The minimum absolute atomic E-state index is 0.0179. The van der Waals surface area contributed by atoms with Gasteiger partial charge in [-0.15, -0.1) is 0 Å². The molecule has 0 aliphatic heterocycles. The van der Waals surface area contributed by atoms with Crippen LogP contribution in [0.2, 0.25) is 0 Å². The lowest BCUT2D eigenvalue weighted by Crippen LogP contribution is -2.33. The molecule has 0 radical (unpaired) electrons. The third kappa shape index (κ3) is 6.32. The predicted molar refractivity (Wildman–Crippen MR) is 86.6 cm³/mol. The zero-order valence-electron chi connectivity index (χ0n) is 13.6. The summed E-state index contributed by atoms with van der Waals surface area (Å²) in [5.74, 6) is -0.576. The second kappa shape index (κ2) is 8.18. The number of benzene rings is 1. The van der Waals surface area contributed by atoms with E-state index in [9.17, 15) is 26.4 Å². The third-order valence-corrected chi connectivity index (χ3v) is 5.60. The number of carbonyl (C=O) groups is 1. The first-order valence-corrected chi connectivity index (χ1v) is 9.60. The average Bonchev–Trinajstić information content (AvgIpc) is 2.58. The highest BCUT2D eigenvalue weighted by molar-refractivity contribution is 7.89. The number of amides is 1. The first kappa shape index (κ1) is 19.7. The van der Waals surface area contributed by atoms with Gasteiger partial charge < -0.3 is 5.32 Å². The fourth-order valence-corrected chi connectivity index (χ4v) is 3.89. The van der Waals surface area contributed by atoms with Crippen LogP contribution in [0.5, 0.6) is 0 Å². The van der Waals surface area contributed by atoms with Gasteiger partial charge in [0.2, 0.25) is 10.0 Å². The predicted octanol–water partition coefficient (Wildman–Crippen LogP) is 2.84. The zero-order chi connectivity index (χ0) is 18.5. The summed E-state index contributed by atoms with van der Waals surface area (Å²) in [6, 6.07) is 4.82. The second-order valence-corrected chi connectivity index (χ2v) is 7.95. The average molecular weight is 378 g/mol. The van der Waals surface area contributed by atoms with Crippen molar-refractivity contribution in [1.29, 1.82) is 0 Å². The van der Waals surface area contributed by atoms with Gasteiger partial charge in [-0.3, -0.25) is 4.79 Å². The smallest absolute Gasteiger partial charge is 0.343 e. The van der Waals surface area contributed by atoms with Crippen LogP contribution >= 0.6 is 0 Å². The van der Waals surface area contributed by atoms with Gasteiger partial charge in [0.25, 0.3) is 5.91 Å². The second-order valence-electron chi connectivity index (χ2n) is 6.18. The molecule has 0 atom stereocenters. The molecule has 0 unspecified atom stereocenters. The van der Waals surface area contributed by atoms with Crippen molar-refractivity contribution >= 4 is 15.9 Å². The van der Waals surface area contributed by atoms with Gasteiger partial charge in [-0.2, -0.15) is 13.2 Å². The van der Waals surface area contributed by atoms with E-state index in [4.69, 9.17) is 0 Å². The molecule has 2 rings (SSSR count). The van der Waals surface area contributed by atoms with E-state index in [2.05, 4.69) is 4.72 Å². The molecular formula is C16H21F3N2O3S. The lowest BCUT2D eigenvalue weighted by Gasteiger charge is -2.21. The summed E-state index contributed by atoms with van der Waals surface area (Å²) in [5.41, 5.74) is -0.0320. The van der Waals surface area contributed by atoms with Gasteiger partial charge in [0.15, 0.2) is 0 Å². The number of hydrogen-bond donors (Lipinski definition) is 2. The molecule has 0 heterocycles. The highest BCUT2D eigenvalue weighted by Gasteiger charge is 2.28. The molecule has 5 nitrogen and oxygen atoms in total. The monoisotopic (exact) mass is 378 g/mol. The maximum Gasteiger partial charge on any atom is 0.405 e. The fraction of sp³-hybridized carbons (Fsp3) is 0.562. The Morgan fingerprint density at radius 3 is 2.24 bits per heavy atom. The Bertz CT molecular complexity index is 682. The molecule has 0 bridgehead atoms. The molecular weight excluding hydrogens is 357 g/mol. The van der Waals surface area contributed by atoms with Gasteiger partial charge in [-0.25, -0.2) is 13.1 Å². The molecule has 1 saturated carbocycles.